The van der Waals surface area contributed by atoms with Crippen LogP contribution in [0, 0.1) is 0 Å². The maximum Gasteiger partial charge on any atom is 0.167 e. The fraction of sp³-hybridized carbons (Fsp3) is 0.583. The van der Waals surface area contributed by atoms with Crippen LogP contribution >= 0.6 is 0 Å². The largest absolute Gasteiger partial charge is 0.350 e. The molecule has 0 spiro atoms. The second kappa shape index (κ2) is 4.91. The van der Waals surface area contributed by atoms with Crippen molar-refractivity contribution in [2.75, 3.05) is 13.2 Å². The van der Waals surface area contributed by atoms with Crippen molar-refractivity contribution in [1.29, 1.82) is 0 Å². The third kappa shape index (κ3) is 2.78. The van der Waals surface area contributed by atoms with Crippen molar-refractivity contribution in [2.45, 2.75) is 31.6 Å². The lowest BCUT2D eigenvalue weighted by molar-refractivity contribution is -0.260. The van der Waals surface area contributed by atoms with Crippen LogP contribution in [0.5, 0.6) is 0 Å². The van der Waals surface area contributed by atoms with Gasteiger partial charge < -0.3 is 15.2 Å². The molecule has 0 saturated carbocycles. The number of ether oxygens (including phenoxy) is 2. The second-order valence-corrected chi connectivity index (χ2v) is 4.28. The molecule has 88 valence electrons. The average molecular weight is 222 g/mol. The highest BCUT2D eigenvalue weighted by molar-refractivity contribution is 5.13. The molecule has 0 aliphatic carbocycles. The number of nitrogens with zero attached hydrogens (tertiary/aromatic N) is 1. The molecule has 1 unspecified atom stereocenters. The summed E-state index contributed by atoms with van der Waals surface area (Å²) >= 11 is 0. The van der Waals surface area contributed by atoms with E-state index in [1.165, 1.54) is 0 Å². The Morgan fingerprint density at radius 1 is 1.50 bits per heavy atom. The van der Waals surface area contributed by atoms with Gasteiger partial charge in [-0.3, -0.25) is 4.98 Å². The lowest BCUT2D eigenvalue weighted by Gasteiger charge is -2.35. The summed E-state index contributed by atoms with van der Waals surface area (Å²) in [6.45, 7) is 3.44. The summed E-state index contributed by atoms with van der Waals surface area (Å²) in [6.07, 6.45) is 5.14. The molecule has 2 N–H and O–H groups in total. The van der Waals surface area contributed by atoms with E-state index in [1.807, 2.05) is 19.1 Å². The van der Waals surface area contributed by atoms with Crippen molar-refractivity contribution in [2.24, 2.45) is 5.73 Å². The Morgan fingerprint density at radius 2 is 2.25 bits per heavy atom. The maximum absolute atomic E-state index is 6.11. The Bertz CT molecular complexity index is 323. The van der Waals surface area contributed by atoms with E-state index in [0.717, 1.165) is 25.2 Å². The molecule has 1 atom stereocenters. The summed E-state index contributed by atoms with van der Waals surface area (Å²) in [5.74, 6) is -0.548. The van der Waals surface area contributed by atoms with Crippen LogP contribution in [0.15, 0.2) is 24.5 Å². The summed E-state index contributed by atoms with van der Waals surface area (Å²) < 4.78 is 11.3. The number of aromatic nitrogens is 1. The molecule has 0 bridgehead atoms. The van der Waals surface area contributed by atoms with Crippen LogP contribution in [0.25, 0.3) is 0 Å². The zero-order chi connectivity index (χ0) is 11.4. The summed E-state index contributed by atoms with van der Waals surface area (Å²) in [5, 5.41) is 0. The quantitative estimate of drug-likeness (QED) is 0.844. The molecular weight excluding hydrogens is 204 g/mol. The number of pyridine rings is 1. The molecule has 2 rings (SSSR count). The Hall–Kier alpha value is -0.970. The van der Waals surface area contributed by atoms with Crippen molar-refractivity contribution < 1.29 is 9.47 Å². The molecule has 1 aliphatic heterocycles. The van der Waals surface area contributed by atoms with Gasteiger partial charge in [0.1, 0.15) is 0 Å². The van der Waals surface area contributed by atoms with Crippen molar-refractivity contribution in [3.8, 4) is 0 Å². The molecule has 4 heteroatoms. The van der Waals surface area contributed by atoms with Gasteiger partial charge in [0, 0.05) is 24.9 Å². The molecule has 1 aromatic heterocycles. The molecule has 0 amide bonds. The van der Waals surface area contributed by atoms with Crippen LogP contribution in [-0.2, 0) is 9.47 Å². The highest BCUT2D eigenvalue weighted by Crippen LogP contribution is 2.28. The topological polar surface area (TPSA) is 57.4 Å². The normalized spacial score (nSPS) is 21.6. The summed E-state index contributed by atoms with van der Waals surface area (Å²) in [5.41, 5.74) is 7.13. The highest BCUT2D eigenvalue weighted by Gasteiger charge is 2.31. The van der Waals surface area contributed by atoms with E-state index >= 15 is 0 Å². The van der Waals surface area contributed by atoms with Crippen molar-refractivity contribution in [3.05, 3.63) is 30.1 Å². The molecule has 2 heterocycles. The molecule has 4 nitrogen and oxygen atoms in total. The molecule has 0 radical (unpaired) electrons. The van der Waals surface area contributed by atoms with Gasteiger partial charge in [0.05, 0.1) is 13.2 Å². The lowest BCUT2D eigenvalue weighted by atomic mass is 10.0. The fourth-order valence-corrected chi connectivity index (χ4v) is 1.91. The van der Waals surface area contributed by atoms with E-state index in [9.17, 15) is 0 Å². The first-order chi connectivity index (χ1) is 7.70. The van der Waals surface area contributed by atoms with Crippen LogP contribution < -0.4 is 5.73 Å². The van der Waals surface area contributed by atoms with Crippen molar-refractivity contribution in [1.82, 2.24) is 4.98 Å². The fourth-order valence-electron chi connectivity index (χ4n) is 1.91. The minimum absolute atomic E-state index is 0.100. The number of nitrogens with two attached hydrogens (primary N) is 1. The van der Waals surface area contributed by atoms with Gasteiger partial charge in [-0.05, 0) is 25.0 Å². The smallest absolute Gasteiger partial charge is 0.167 e. The Labute approximate surface area is 95.8 Å². The van der Waals surface area contributed by atoms with E-state index < -0.39 is 5.79 Å². The van der Waals surface area contributed by atoms with E-state index in [4.69, 9.17) is 15.2 Å². The molecule has 16 heavy (non-hydrogen) atoms. The van der Waals surface area contributed by atoms with Gasteiger partial charge in [-0.15, -0.1) is 0 Å². The third-order valence-corrected chi connectivity index (χ3v) is 2.81. The lowest BCUT2D eigenvalue weighted by Crippen LogP contribution is -2.40. The van der Waals surface area contributed by atoms with Gasteiger partial charge >= 0.3 is 0 Å². The minimum atomic E-state index is -0.548. The number of hydrogen-bond acceptors (Lipinski definition) is 4. The molecule has 1 saturated heterocycles. The van der Waals surface area contributed by atoms with E-state index in [2.05, 4.69) is 4.98 Å². The van der Waals surface area contributed by atoms with Gasteiger partial charge in [-0.2, -0.15) is 0 Å². The zero-order valence-electron chi connectivity index (χ0n) is 9.56. The standard InChI is InChI=1S/C12H18N2O2/c1-12(15-6-3-7-16-12)8-11(13)10-4-2-5-14-9-10/h2,4-5,9,11H,3,6-8,13H2,1H3. The maximum atomic E-state index is 6.11. The van der Waals surface area contributed by atoms with Gasteiger partial charge in [-0.1, -0.05) is 6.07 Å². The van der Waals surface area contributed by atoms with Gasteiger partial charge in [0.2, 0.25) is 0 Å². The summed E-state index contributed by atoms with van der Waals surface area (Å²) in [4.78, 5) is 4.06. The van der Waals surface area contributed by atoms with Gasteiger partial charge in [0.15, 0.2) is 5.79 Å². The van der Waals surface area contributed by atoms with Gasteiger partial charge in [-0.25, -0.2) is 0 Å². The van der Waals surface area contributed by atoms with Crippen molar-refractivity contribution in [3.63, 3.8) is 0 Å². The number of rotatable bonds is 3. The van der Waals surface area contributed by atoms with E-state index in [-0.39, 0.29) is 6.04 Å². The minimum Gasteiger partial charge on any atom is -0.350 e. The third-order valence-electron chi connectivity index (χ3n) is 2.81. The first-order valence-corrected chi connectivity index (χ1v) is 5.63. The first-order valence-electron chi connectivity index (χ1n) is 5.63. The predicted octanol–water partition coefficient (Wildman–Crippen LogP) is 1.62. The monoisotopic (exact) mass is 222 g/mol. The second-order valence-electron chi connectivity index (χ2n) is 4.28. The Morgan fingerprint density at radius 3 is 2.88 bits per heavy atom. The molecule has 1 aliphatic rings. The SMILES string of the molecule is CC1(CC(N)c2cccnc2)OCCCO1. The van der Waals surface area contributed by atoms with Gasteiger partial charge in [0.25, 0.3) is 0 Å². The van der Waals surface area contributed by atoms with Crippen LogP contribution in [0.1, 0.15) is 31.4 Å². The van der Waals surface area contributed by atoms with E-state index in [0.29, 0.717) is 6.42 Å². The van der Waals surface area contributed by atoms with Crippen LogP contribution in [0.3, 0.4) is 0 Å². The Balaban J connectivity index is 1.98. The van der Waals surface area contributed by atoms with Crippen LogP contribution in [0.4, 0.5) is 0 Å². The highest BCUT2D eigenvalue weighted by atomic mass is 16.7. The summed E-state index contributed by atoms with van der Waals surface area (Å²) in [6, 6.07) is 3.76. The molecule has 1 fully saturated rings. The Kier molecular flexibility index (Phi) is 3.53. The zero-order valence-corrected chi connectivity index (χ0v) is 9.56. The number of hydrogen-bond donors (Lipinski definition) is 1. The average Bonchev–Trinajstić information content (AvgIpc) is 2.30. The van der Waals surface area contributed by atoms with Crippen molar-refractivity contribution >= 4 is 0 Å². The first kappa shape index (κ1) is 11.5. The summed E-state index contributed by atoms with van der Waals surface area (Å²) in [7, 11) is 0. The molecule has 0 aromatic carbocycles. The molecular formula is C12H18N2O2. The molecule has 1 aromatic rings. The van der Waals surface area contributed by atoms with Crippen LogP contribution in [-0.4, -0.2) is 24.0 Å². The predicted molar refractivity (Wildman–Crippen MR) is 60.7 cm³/mol. The van der Waals surface area contributed by atoms with E-state index in [1.54, 1.807) is 12.4 Å². The van der Waals surface area contributed by atoms with Crippen LogP contribution in [0.2, 0.25) is 0 Å².